The van der Waals surface area contributed by atoms with Gasteiger partial charge in [0, 0.05) is 23.4 Å². The Morgan fingerprint density at radius 1 is 1.12 bits per heavy atom. The summed E-state index contributed by atoms with van der Waals surface area (Å²) in [6, 6.07) is 15.3. The molecule has 7 nitrogen and oxygen atoms in total. The van der Waals surface area contributed by atoms with Gasteiger partial charge in [0.05, 0.1) is 24.7 Å². The Balaban J connectivity index is 1.72. The quantitative estimate of drug-likeness (QED) is 0.752. The van der Waals surface area contributed by atoms with E-state index in [1.807, 2.05) is 47.4 Å². The molecule has 0 bridgehead atoms. The lowest BCUT2D eigenvalue weighted by atomic mass is 9.68. The fraction of sp³-hybridized carbons (Fsp3) is 0.308. The zero-order valence-electron chi connectivity index (χ0n) is 18.8. The molecule has 0 aromatic heterocycles. The molecule has 0 spiro atoms. The molecular formula is C26H25N3O4. The van der Waals surface area contributed by atoms with Crippen molar-refractivity contribution in [1.29, 1.82) is 5.26 Å². The molecule has 2 aromatic carbocycles. The Morgan fingerprint density at radius 2 is 1.85 bits per heavy atom. The highest BCUT2D eigenvalue weighted by molar-refractivity contribution is 6.01. The number of methoxy groups -OCH3 is 1. The van der Waals surface area contributed by atoms with Crippen LogP contribution < -0.4 is 24.8 Å². The van der Waals surface area contributed by atoms with Gasteiger partial charge in [-0.1, -0.05) is 19.9 Å². The second kappa shape index (κ2) is 7.59. The molecule has 0 amide bonds. The maximum Gasteiger partial charge on any atom is 0.231 e. The lowest BCUT2D eigenvalue weighted by molar-refractivity contribution is -0.118. The molecule has 2 N–H and O–H groups in total. The van der Waals surface area contributed by atoms with Crippen LogP contribution in [0.4, 0.5) is 5.69 Å². The maximum absolute atomic E-state index is 13.6. The molecule has 0 radical (unpaired) electrons. The first-order valence-corrected chi connectivity index (χ1v) is 10.8. The molecule has 7 heteroatoms. The number of hydrogen-bond donors (Lipinski definition) is 1. The van der Waals surface area contributed by atoms with Gasteiger partial charge in [-0.15, -0.1) is 0 Å². The molecule has 1 aliphatic carbocycles. The predicted octanol–water partition coefficient (Wildman–Crippen LogP) is 4.36. The van der Waals surface area contributed by atoms with Crippen LogP contribution >= 0.6 is 0 Å². The summed E-state index contributed by atoms with van der Waals surface area (Å²) in [6.45, 7) is 4.31. The van der Waals surface area contributed by atoms with Crippen LogP contribution in [0.25, 0.3) is 0 Å². The monoisotopic (exact) mass is 443 g/mol. The summed E-state index contributed by atoms with van der Waals surface area (Å²) in [5.74, 6) is 1.77. The molecule has 1 unspecified atom stereocenters. The number of ether oxygens (including phenoxy) is 3. The first-order chi connectivity index (χ1) is 15.8. The molecule has 2 aromatic rings. The van der Waals surface area contributed by atoms with Crippen LogP contribution in [-0.4, -0.2) is 19.7 Å². The van der Waals surface area contributed by atoms with Gasteiger partial charge in [-0.05, 0) is 53.8 Å². The van der Waals surface area contributed by atoms with Gasteiger partial charge in [-0.2, -0.15) is 5.26 Å². The molecule has 168 valence electrons. The van der Waals surface area contributed by atoms with Crippen LogP contribution in [0.2, 0.25) is 0 Å². The average Bonchev–Trinajstić information content (AvgIpc) is 3.25. The molecular weight excluding hydrogens is 418 g/mol. The van der Waals surface area contributed by atoms with Gasteiger partial charge in [0.1, 0.15) is 11.6 Å². The number of carbonyl (C=O) groups excluding carboxylic acids is 1. The van der Waals surface area contributed by atoms with Gasteiger partial charge in [0.2, 0.25) is 6.79 Å². The lowest BCUT2D eigenvalue weighted by Crippen LogP contribution is -2.42. The van der Waals surface area contributed by atoms with Crippen molar-refractivity contribution in [2.45, 2.75) is 32.6 Å². The molecule has 0 fully saturated rings. The second-order valence-corrected chi connectivity index (χ2v) is 9.29. The lowest BCUT2D eigenvalue weighted by Gasteiger charge is -2.43. The Kier molecular flexibility index (Phi) is 4.82. The summed E-state index contributed by atoms with van der Waals surface area (Å²) in [4.78, 5) is 15.4. The molecule has 0 saturated carbocycles. The highest BCUT2D eigenvalue weighted by Gasteiger charge is 2.45. The van der Waals surface area contributed by atoms with Crippen molar-refractivity contribution in [2.24, 2.45) is 11.1 Å². The van der Waals surface area contributed by atoms with E-state index in [0.717, 1.165) is 16.9 Å². The first-order valence-electron chi connectivity index (χ1n) is 10.8. The van der Waals surface area contributed by atoms with Gasteiger partial charge >= 0.3 is 0 Å². The number of nitrogens with two attached hydrogens (primary N) is 1. The summed E-state index contributed by atoms with van der Waals surface area (Å²) in [7, 11) is 1.61. The Hall–Kier alpha value is -3.92. The number of Topliss-reactive ketones (excluding diaryl/α,β-unsaturated/α-hetero) is 1. The summed E-state index contributed by atoms with van der Waals surface area (Å²) in [5, 5.41) is 10.2. The number of ketones is 1. The van der Waals surface area contributed by atoms with E-state index in [1.54, 1.807) is 7.11 Å². The Labute approximate surface area is 192 Å². The number of anilines is 1. The molecule has 3 aliphatic rings. The standard InChI is InChI=1S/C26H25N3O4/c1-26(2)11-19-24(20(30)12-26)23(15-4-9-21-22(10-15)33-14-32-21)18(13-27)25(28)29(19)16-5-7-17(31-3)8-6-16/h4-10,23H,11-12,14,28H2,1-3H3. The van der Waals surface area contributed by atoms with Crippen molar-refractivity contribution in [2.75, 3.05) is 18.8 Å². The molecule has 5 rings (SSSR count). The van der Waals surface area contributed by atoms with Crippen molar-refractivity contribution >= 4 is 11.5 Å². The van der Waals surface area contributed by atoms with Gasteiger partial charge in [-0.3, -0.25) is 9.69 Å². The van der Waals surface area contributed by atoms with E-state index in [9.17, 15) is 10.1 Å². The van der Waals surface area contributed by atoms with Crippen LogP contribution in [0.5, 0.6) is 17.2 Å². The van der Waals surface area contributed by atoms with Crippen LogP contribution in [0.15, 0.2) is 65.1 Å². The van der Waals surface area contributed by atoms with Crippen molar-refractivity contribution < 1.29 is 19.0 Å². The summed E-state index contributed by atoms with van der Waals surface area (Å²) in [6.07, 6.45) is 1.06. The van der Waals surface area contributed by atoms with Gasteiger partial charge in [-0.25, -0.2) is 0 Å². The maximum atomic E-state index is 13.6. The summed E-state index contributed by atoms with van der Waals surface area (Å²) >= 11 is 0. The van der Waals surface area contributed by atoms with Crippen LogP contribution in [-0.2, 0) is 4.79 Å². The third-order valence-corrected chi connectivity index (χ3v) is 6.44. The average molecular weight is 444 g/mol. The van der Waals surface area contributed by atoms with E-state index in [1.165, 1.54) is 0 Å². The number of nitriles is 1. The number of carbonyl (C=O) groups is 1. The van der Waals surface area contributed by atoms with Crippen molar-refractivity contribution in [3.8, 4) is 23.3 Å². The fourth-order valence-electron chi connectivity index (χ4n) is 4.96. The van der Waals surface area contributed by atoms with E-state index >= 15 is 0 Å². The third-order valence-electron chi connectivity index (χ3n) is 6.44. The Bertz CT molecular complexity index is 1250. The summed E-state index contributed by atoms with van der Waals surface area (Å²) in [5.41, 5.74) is 9.80. The predicted molar refractivity (Wildman–Crippen MR) is 123 cm³/mol. The molecule has 2 aliphatic heterocycles. The van der Waals surface area contributed by atoms with E-state index < -0.39 is 5.92 Å². The second-order valence-electron chi connectivity index (χ2n) is 9.29. The zero-order valence-corrected chi connectivity index (χ0v) is 18.8. The zero-order chi connectivity index (χ0) is 23.3. The molecule has 1 atom stereocenters. The van der Waals surface area contributed by atoms with Crippen LogP contribution in [0, 0.1) is 16.7 Å². The normalized spacial score (nSPS) is 21.1. The van der Waals surface area contributed by atoms with Gasteiger partial charge in [0.25, 0.3) is 0 Å². The largest absolute Gasteiger partial charge is 0.497 e. The molecule has 33 heavy (non-hydrogen) atoms. The smallest absolute Gasteiger partial charge is 0.231 e. The van der Waals surface area contributed by atoms with E-state index in [4.69, 9.17) is 19.9 Å². The van der Waals surface area contributed by atoms with Crippen molar-refractivity contribution in [1.82, 2.24) is 0 Å². The fourth-order valence-corrected chi connectivity index (χ4v) is 4.96. The van der Waals surface area contributed by atoms with Crippen LogP contribution in [0.1, 0.15) is 38.2 Å². The molecule has 0 saturated heterocycles. The number of benzene rings is 2. The number of nitrogens with zero attached hydrogens (tertiary/aromatic N) is 2. The van der Waals surface area contributed by atoms with Crippen molar-refractivity contribution in [3.05, 3.63) is 70.7 Å². The number of fused-ring (bicyclic) bond motifs is 1. The topological polar surface area (TPSA) is 97.8 Å². The number of rotatable bonds is 3. The van der Waals surface area contributed by atoms with E-state index in [-0.39, 0.29) is 18.0 Å². The number of allylic oxidation sites excluding steroid dienone is 3. The summed E-state index contributed by atoms with van der Waals surface area (Å²) < 4.78 is 16.3. The van der Waals surface area contributed by atoms with Crippen LogP contribution in [0.3, 0.4) is 0 Å². The third kappa shape index (κ3) is 3.39. The van der Waals surface area contributed by atoms with Crippen molar-refractivity contribution in [3.63, 3.8) is 0 Å². The highest BCUT2D eigenvalue weighted by atomic mass is 16.7. The van der Waals surface area contributed by atoms with Gasteiger partial charge in [0.15, 0.2) is 17.3 Å². The van der Waals surface area contributed by atoms with Gasteiger partial charge < -0.3 is 19.9 Å². The SMILES string of the molecule is COc1ccc(N2C(N)=C(C#N)C(c3ccc4c(c3)OCO4)C3=C2CC(C)(C)CC3=O)cc1. The van der Waals surface area contributed by atoms with E-state index in [2.05, 4.69) is 19.9 Å². The first kappa shape index (κ1) is 21.0. The number of hydrogen-bond acceptors (Lipinski definition) is 7. The highest BCUT2D eigenvalue weighted by Crippen LogP contribution is 2.51. The van der Waals surface area contributed by atoms with E-state index in [0.29, 0.717) is 47.1 Å². The Morgan fingerprint density at radius 3 is 2.55 bits per heavy atom. The molecule has 2 heterocycles. The minimum atomic E-state index is -0.558. The minimum absolute atomic E-state index is 0.0303. The minimum Gasteiger partial charge on any atom is -0.497 e.